The quantitative estimate of drug-likeness (QED) is 0.604. The van der Waals surface area contributed by atoms with Crippen LogP contribution >= 0.6 is 15.9 Å². The van der Waals surface area contributed by atoms with Crippen molar-refractivity contribution in [2.75, 3.05) is 12.3 Å². The van der Waals surface area contributed by atoms with Crippen LogP contribution in [0.25, 0.3) is 0 Å². The number of hydrogen-bond donors (Lipinski definition) is 1. The summed E-state index contributed by atoms with van der Waals surface area (Å²) in [6.45, 7) is 3.71. The van der Waals surface area contributed by atoms with Gasteiger partial charge in [-0.1, -0.05) is 32.3 Å². The summed E-state index contributed by atoms with van der Waals surface area (Å²) >= 11 is 3.37. The van der Waals surface area contributed by atoms with Gasteiger partial charge in [0.1, 0.15) is 0 Å². The number of anilines is 1. The van der Waals surface area contributed by atoms with Gasteiger partial charge in [0.05, 0.1) is 6.61 Å². The van der Waals surface area contributed by atoms with E-state index in [1.807, 2.05) is 18.2 Å². The molecule has 1 aromatic carbocycles. The first-order valence-corrected chi connectivity index (χ1v) is 6.65. The molecule has 0 unspecified atom stereocenters. The molecule has 0 spiro atoms. The maximum absolute atomic E-state index is 5.79. The predicted octanol–water partition coefficient (Wildman–Crippen LogP) is 4.13. The predicted molar refractivity (Wildman–Crippen MR) is 72.4 cm³/mol. The van der Waals surface area contributed by atoms with E-state index in [-0.39, 0.29) is 0 Å². The summed E-state index contributed by atoms with van der Waals surface area (Å²) in [6.07, 6.45) is 4.98. The van der Waals surface area contributed by atoms with Crippen molar-refractivity contribution in [2.45, 2.75) is 39.2 Å². The van der Waals surface area contributed by atoms with Gasteiger partial charge in [-0.15, -0.1) is 0 Å². The molecule has 2 N–H and O–H groups in total. The number of nitrogen functional groups attached to an aromatic ring is 1. The standard InChI is InChI=1S/C13H20BrNO/c1-2-3-4-5-8-16-10-11-6-7-12(14)13(15)9-11/h6-7,9H,2-5,8,10,15H2,1H3. The van der Waals surface area contributed by atoms with E-state index in [2.05, 4.69) is 22.9 Å². The van der Waals surface area contributed by atoms with Crippen molar-refractivity contribution in [3.05, 3.63) is 28.2 Å². The molecule has 0 amide bonds. The fraction of sp³-hybridized carbons (Fsp3) is 0.538. The van der Waals surface area contributed by atoms with Crippen LogP contribution in [0.4, 0.5) is 5.69 Å². The highest BCUT2D eigenvalue weighted by Gasteiger charge is 1.98. The van der Waals surface area contributed by atoms with Gasteiger partial charge in [0, 0.05) is 16.8 Å². The highest BCUT2D eigenvalue weighted by Crippen LogP contribution is 2.20. The van der Waals surface area contributed by atoms with Gasteiger partial charge in [0.15, 0.2) is 0 Å². The maximum Gasteiger partial charge on any atom is 0.0717 e. The Morgan fingerprint density at radius 3 is 2.75 bits per heavy atom. The zero-order valence-corrected chi connectivity index (χ0v) is 11.4. The highest BCUT2D eigenvalue weighted by molar-refractivity contribution is 9.10. The Kier molecular flexibility index (Phi) is 6.50. The van der Waals surface area contributed by atoms with Crippen molar-refractivity contribution in [1.29, 1.82) is 0 Å². The van der Waals surface area contributed by atoms with Gasteiger partial charge in [-0.25, -0.2) is 0 Å². The smallest absolute Gasteiger partial charge is 0.0717 e. The van der Waals surface area contributed by atoms with Crippen LogP contribution in [-0.2, 0) is 11.3 Å². The summed E-state index contributed by atoms with van der Waals surface area (Å²) in [4.78, 5) is 0. The lowest BCUT2D eigenvalue weighted by molar-refractivity contribution is 0.117. The molecule has 0 radical (unpaired) electrons. The van der Waals surface area contributed by atoms with Gasteiger partial charge >= 0.3 is 0 Å². The summed E-state index contributed by atoms with van der Waals surface area (Å²) in [5, 5.41) is 0. The van der Waals surface area contributed by atoms with Crippen LogP contribution in [0.3, 0.4) is 0 Å². The largest absolute Gasteiger partial charge is 0.398 e. The van der Waals surface area contributed by atoms with E-state index < -0.39 is 0 Å². The lowest BCUT2D eigenvalue weighted by Crippen LogP contribution is -1.97. The summed E-state index contributed by atoms with van der Waals surface area (Å²) < 4.78 is 6.53. The van der Waals surface area contributed by atoms with E-state index in [1.54, 1.807) is 0 Å². The molecule has 16 heavy (non-hydrogen) atoms. The Bertz CT molecular complexity index is 315. The zero-order valence-electron chi connectivity index (χ0n) is 9.84. The van der Waals surface area contributed by atoms with E-state index in [9.17, 15) is 0 Å². The molecule has 0 aliphatic rings. The molecule has 90 valence electrons. The molecule has 0 saturated carbocycles. The molecule has 0 heterocycles. The fourth-order valence-corrected chi connectivity index (χ4v) is 1.75. The minimum atomic E-state index is 0.656. The second-order valence-electron chi connectivity index (χ2n) is 3.97. The number of halogens is 1. The van der Waals surface area contributed by atoms with E-state index >= 15 is 0 Å². The molecule has 3 heteroatoms. The lowest BCUT2D eigenvalue weighted by atomic mass is 10.2. The van der Waals surface area contributed by atoms with Crippen LogP contribution in [0.15, 0.2) is 22.7 Å². The number of unbranched alkanes of at least 4 members (excludes halogenated alkanes) is 3. The molecule has 0 bridgehead atoms. The maximum atomic E-state index is 5.79. The fourth-order valence-electron chi connectivity index (χ4n) is 1.50. The topological polar surface area (TPSA) is 35.2 Å². The van der Waals surface area contributed by atoms with Crippen LogP contribution in [0.2, 0.25) is 0 Å². The number of rotatable bonds is 7. The van der Waals surface area contributed by atoms with Crippen molar-refractivity contribution >= 4 is 21.6 Å². The van der Waals surface area contributed by atoms with Gasteiger partial charge < -0.3 is 10.5 Å². The van der Waals surface area contributed by atoms with Gasteiger partial charge in [0.25, 0.3) is 0 Å². The Morgan fingerprint density at radius 1 is 1.25 bits per heavy atom. The molecule has 2 nitrogen and oxygen atoms in total. The molecule has 0 aromatic heterocycles. The minimum Gasteiger partial charge on any atom is -0.398 e. The lowest BCUT2D eigenvalue weighted by Gasteiger charge is -2.06. The summed E-state index contributed by atoms with van der Waals surface area (Å²) in [5.74, 6) is 0. The van der Waals surface area contributed by atoms with Gasteiger partial charge in [0.2, 0.25) is 0 Å². The van der Waals surface area contributed by atoms with Crippen molar-refractivity contribution in [3.63, 3.8) is 0 Å². The monoisotopic (exact) mass is 285 g/mol. The van der Waals surface area contributed by atoms with Gasteiger partial charge in [-0.3, -0.25) is 0 Å². The molecule has 1 rings (SSSR count). The van der Waals surface area contributed by atoms with E-state index in [0.29, 0.717) is 6.61 Å². The second kappa shape index (κ2) is 7.69. The molecular weight excluding hydrogens is 266 g/mol. The van der Waals surface area contributed by atoms with Gasteiger partial charge in [-0.05, 0) is 40.0 Å². The molecule has 0 aliphatic heterocycles. The number of benzene rings is 1. The normalized spacial score (nSPS) is 10.6. The Balaban J connectivity index is 2.19. The first kappa shape index (κ1) is 13.5. The van der Waals surface area contributed by atoms with Crippen LogP contribution in [0.5, 0.6) is 0 Å². The first-order chi connectivity index (χ1) is 7.74. The van der Waals surface area contributed by atoms with Crippen LogP contribution in [0, 0.1) is 0 Å². The number of ether oxygens (including phenoxy) is 1. The third-order valence-electron chi connectivity index (χ3n) is 2.47. The van der Waals surface area contributed by atoms with Crippen molar-refractivity contribution in [1.82, 2.24) is 0 Å². The average Bonchev–Trinajstić information content (AvgIpc) is 2.28. The molecule has 0 aliphatic carbocycles. The third kappa shape index (κ3) is 4.99. The molecule has 0 fully saturated rings. The van der Waals surface area contributed by atoms with E-state index in [0.717, 1.165) is 28.8 Å². The van der Waals surface area contributed by atoms with Crippen molar-refractivity contribution in [3.8, 4) is 0 Å². The van der Waals surface area contributed by atoms with E-state index in [4.69, 9.17) is 10.5 Å². The van der Waals surface area contributed by atoms with Crippen LogP contribution < -0.4 is 5.73 Å². The summed E-state index contributed by atoms with van der Waals surface area (Å²) in [5.41, 5.74) is 7.69. The van der Waals surface area contributed by atoms with E-state index in [1.165, 1.54) is 19.3 Å². The van der Waals surface area contributed by atoms with Crippen molar-refractivity contribution < 1.29 is 4.74 Å². The minimum absolute atomic E-state index is 0.656. The average molecular weight is 286 g/mol. The Hall–Kier alpha value is -0.540. The van der Waals surface area contributed by atoms with Crippen molar-refractivity contribution in [2.24, 2.45) is 0 Å². The van der Waals surface area contributed by atoms with Gasteiger partial charge in [-0.2, -0.15) is 0 Å². The summed E-state index contributed by atoms with van der Waals surface area (Å²) in [7, 11) is 0. The number of hydrogen-bond acceptors (Lipinski definition) is 2. The van der Waals surface area contributed by atoms with Crippen LogP contribution in [-0.4, -0.2) is 6.61 Å². The molecular formula is C13H20BrNO. The number of nitrogens with two attached hydrogens (primary N) is 1. The Labute approximate surface area is 106 Å². The van der Waals surface area contributed by atoms with Crippen LogP contribution in [0.1, 0.15) is 38.2 Å². The second-order valence-corrected chi connectivity index (χ2v) is 4.82. The zero-order chi connectivity index (χ0) is 11.8. The molecule has 1 aromatic rings. The first-order valence-electron chi connectivity index (χ1n) is 5.85. The highest BCUT2D eigenvalue weighted by atomic mass is 79.9. The SMILES string of the molecule is CCCCCCOCc1ccc(Br)c(N)c1. The third-order valence-corrected chi connectivity index (χ3v) is 3.19. The summed E-state index contributed by atoms with van der Waals surface area (Å²) in [6, 6.07) is 5.95. The molecule has 0 atom stereocenters. The molecule has 0 saturated heterocycles. The Morgan fingerprint density at radius 2 is 2.06 bits per heavy atom.